The van der Waals surface area contributed by atoms with Crippen LogP contribution in [0.25, 0.3) is 10.8 Å². The quantitative estimate of drug-likeness (QED) is 0.602. The minimum atomic E-state index is -0.0299. The Balaban J connectivity index is 1.50. The number of nitrogens with zero attached hydrogens (tertiary/aromatic N) is 1. The molecule has 1 aliphatic heterocycles. The number of fused-ring (bicyclic) bond motifs is 1. The van der Waals surface area contributed by atoms with Gasteiger partial charge in [0.25, 0.3) is 5.91 Å². The van der Waals surface area contributed by atoms with E-state index in [1.165, 1.54) is 41.5 Å². The van der Waals surface area contributed by atoms with Gasteiger partial charge >= 0.3 is 0 Å². The maximum absolute atomic E-state index is 12.8. The van der Waals surface area contributed by atoms with Crippen molar-refractivity contribution in [1.29, 1.82) is 0 Å². The average molecular weight is 387 g/mol. The van der Waals surface area contributed by atoms with E-state index in [0.717, 1.165) is 24.0 Å². The molecular formula is C26H30N2O. The van der Waals surface area contributed by atoms with Crippen LogP contribution in [0.1, 0.15) is 59.3 Å². The molecule has 0 aliphatic carbocycles. The number of carbonyl (C=O) groups is 1. The van der Waals surface area contributed by atoms with Gasteiger partial charge in [0.05, 0.1) is 6.04 Å². The summed E-state index contributed by atoms with van der Waals surface area (Å²) in [5.41, 5.74) is 5.65. The first-order valence-corrected chi connectivity index (χ1v) is 10.7. The number of amides is 1. The lowest BCUT2D eigenvalue weighted by molar-refractivity contribution is 0.0940. The molecule has 0 bridgehead atoms. The molecule has 0 unspecified atom stereocenters. The van der Waals surface area contributed by atoms with Crippen LogP contribution in [0.3, 0.4) is 0 Å². The zero-order valence-corrected chi connectivity index (χ0v) is 17.7. The summed E-state index contributed by atoms with van der Waals surface area (Å²) in [4.78, 5) is 15.3. The molecule has 0 radical (unpaired) electrons. The van der Waals surface area contributed by atoms with Crippen LogP contribution in [-0.4, -0.2) is 19.0 Å². The van der Waals surface area contributed by atoms with Crippen molar-refractivity contribution in [2.45, 2.75) is 46.1 Å². The van der Waals surface area contributed by atoms with E-state index in [9.17, 15) is 4.79 Å². The molecule has 1 atom stereocenters. The topological polar surface area (TPSA) is 32.3 Å². The number of benzene rings is 3. The van der Waals surface area contributed by atoms with Crippen molar-refractivity contribution in [2.75, 3.05) is 18.0 Å². The second-order valence-corrected chi connectivity index (χ2v) is 8.33. The minimum absolute atomic E-state index is 0.0287. The zero-order chi connectivity index (χ0) is 20.4. The highest BCUT2D eigenvalue weighted by molar-refractivity contribution is 5.99. The van der Waals surface area contributed by atoms with Crippen molar-refractivity contribution in [3.05, 3.63) is 76.9 Å². The SMILES string of the molecule is Cc1ccc([C@@H](C)NC(=O)c2ccc3cc(N4CCCCC4)ccc3c2)cc1C. The molecule has 1 fully saturated rings. The van der Waals surface area contributed by atoms with E-state index in [-0.39, 0.29) is 11.9 Å². The number of hydrogen-bond donors (Lipinski definition) is 1. The lowest BCUT2D eigenvalue weighted by atomic mass is 10.0. The van der Waals surface area contributed by atoms with E-state index in [1.807, 2.05) is 19.1 Å². The third-order valence-electron chi connectivity index (χ3n) is 6.19. The summed E-state index contributed by atoms with van der Waals surface area (Å²) < 4.78 is 0. The van der Waals surface area contributed by atoms with Crippen LogP contribution in [-0.2, 0) is 0 Å². The predicted molar refractivity (Wildman–Crippen MR) is 122 cm³/mol. The summed E-state index contributed by atoms with van der Waals surface area (Å²) in [5, 5.41) is 5.44. The van der Waals surface area contributed by atoms with E-state index in [1.54, 1.807) is 0 Å². The molecule has 4 rings (SSSR count). The standard InChI is InChI=1S/C26H30N2O/c1-18-7-8-21(15-19(18)2)20(3)27-26(29)24-10-9-23-17-25(12-11-22(23)16-24)28-13-5-4-6-14-28/h7-12,15-17,20H,4-6,13-14H2,1-3H3,(H,27,29)/t20-/m1/s1. The number of rotatable bonds is 4. The highest BCUT2D eigenvalue weighted by atomic mass is 16.1. The van der Waals surface area contributed by atoms with Gasteiger partial charge in [0.1, 0.15) is 0 Å². The molecule has 0 aromatic heterocycles. The van der Waals surface area contributed by atoms with Crippen LogP contribution in [0.4, 0.5) is 5.69 Å². The van der Waals surface area contributed by atoms with Crippen LogP contribution in [0.5, 0.6) is 0 Å². The molecule has 1 saturated heterocycles. The van der Waals surface area contributed by atoms with E-state index >= 15 is 0 Å². The highest BCUT2D eigenvalue weighted by Crippen LogP contribution is 2.26. The smallest absolute Gasteiger partial charge is 0.251 e. The first-order valence-electron chi connectivity index (χ1n) is 10.7. The second-order valence-electron chi connectivity index (χ2n) is 8.33. The van der Waals surface area contributed by atoms with E-state index in [0.29, 0.717) is 5.56 Å². The summed E-state index contributed by atoms with van der Waals surface area (Å²) in [6.07, 6.45) is 3.88. The van der Waals surface area contributed by atoms with E-state index < -0.39 is 0 Å². The molecule has 29 heavy (non-hydrogen) atoms. The summed E-state index contributed by atoms with van der Waals surface area (Å²) in [5.74, 6) is -0.0299. The van der Waals surface area contributed by atoms with Gasteiger partial charge in [-0.1, -0.05) is 30.3 Å². The lowest BCUT2D eigenvalue weighted by Crippen LogP contribution is -2.29. The van der Waals surface area contributed by atoms with Gasteiger partial charge in [0.2, 0.25) is 0 Å². The minimum Gasteiger partial charge on any atom is -0.372 e. The lowest BCUT2D eigenvalue weighted by Gasteiger charge is -2.29. The van der Waals surface area contributed by atoms with Gasteiger partial charge in [0, 0.05) is 24.3 Å². The number of piperidine rings is 1. The molecule has 3 nitrogen and oxygen atoms in total. The van der Waals surface area contributed by atoms with Crippen molar-refractivity contribution in [3.63, 3.8) is 0 Å². The zero-order valence-electron chi connectivity index (χ0n) is 17.7. The molecule has 150 valence electrons. The Morgan fingerprint density at radius 3 is 2.34 bits per heavy atom. The van der Waals surface area contributed by atoms with Crippen molar-refractivity contribution in [2.24, 2.45) is 0 Å². The maximum Gasteiger partial charge on any atom is 0.251 e. The summed E-state index contributed by atoms with van der Waals surface area (Å²) in [6.45, 7) is 8.53. The van der Waals surface area contributed by atoms with Gasteiger partial charge in [-0.15, -0.1) is 0 Å². The van der Waals surface area contributed by atoms with Crippen LogP contribution < -0.4 is 10.2 Å². The fourth-order valence-corrected chi connectivity index (χ4v) is 4.12. The molecule has 1 aliphatic rings. The predicted octanol–water partition coefficient (Wildman–Crippen LogP) is 5.94. The molecule has 3 aromatic rings. The van der Waals surface area contributed by atoms with Crippen molar-refractivity contribution < 1.29 is 4.79 Å². The molecular weight excluding hydrogens is 356 g/mol. The fourth-order valence-electron chi connectivity index (χ4n) is 4.12. The van der Waals surface area contributed by atoms with Crippen LogP contribution in [0.2, 0.25) is 0 Å². The Labute approximate surface area is 173 Å². The molecule has 1 heterocycles. The Kier molecular flexibility index (Phi) is 5.57. The van der Waals surface area contributed by atoms with E-state index in [4.69, 9.17) is 0 Å². The second kappa shape index (κ2) is 8.28. The Hall–Kier alpha value is -2.81. The Morgan fingerprint density at radius 1 is 0.862 bits per heavy atom. The normalized spacial score (nSPS) is 15.3. The number of carbonyl (C=O) groups excluding carboxylic acids is 1. The van der Waals surface area contributed by atoms with Gasteiger partial charge in [-0.2, -0.15) is 0 Å². The molecule has 0 saturated carbocycles. The third-order valence-corrected chi connectivity index (χ3v) is 6.19. The maximum atomic E-state index is 12.8. The summed E-state index contributed by atoms with van der Waals surface area (Å²) in [7, 11) is 0. The van der Waals surface area contributed by atoms with Crippen LogP contribution in [0.15, 0.2) is 54.6 Å². The Bertz CT molecular complexity index is 1030. The van der Waals surface area contributed by atoms with Crippen molar-refractivity contribution in [3.8, 4) is 0 Å². The number of anilines is 1. The van der Waals surface area contributed by atoms with Crippen LogP contribution in [0, 0.1) is 13.8 Å². The number of hydrogen-bond acceptors (Lipinski definition) is 2. The summed E-state index contributed by atoms with van der Waals surface area (Å²) >= 11 is 0. The van der Waals surface area contributed by atoms with Crippen molar-refractivity contribution >= 4 is 22.4 Å². The first-order chi connectivity index (χ1) is 14.0. The highest BCUT2D eigenvalue weighted by Gasteiger charge is 2.14. The Morgan fingerprint density at radius 2 is 1.59 bits per heavy atom. The fraction of sp³-hybridized carbons (Fsp3) is 0.346. The average Bonchev–Trinajstić information content (AvgIpc) is 2.75. The molecule has 1 N–H and O–H groups in total. The van der Waals surface area contributed by atoms with Gasteiger partial charge in [-0.25, -0.2) is 0 Å². The van der Waals surface area contributed by atoms with E-state index in [2.05, 4.69) is 66.5 Å². The largest absolute Gasteiger partial charge is 0.372 e. The molecule has 0 spiro atoms. The molecule has 3 heteroatoms. The van der Waals surface area contributed by atoms with Gasteiger partial charge < -0.3 is 10.2 Å². The van der Waals surface area contributed by atoms with Gasteiger partial charge in [0.15, 0.2) is 0 Å². The van der Waals surface area contributed by atoms with Gasteiger partial charge in [-0.3, -0.25) is 4.79 Å². The van der Waals surface area contributed by atoms with Gasteiger partial charge in [-0.05, 0) is 91.8 Å². The molecule has 1 amide bonds. The summed E-state index contributed by atoms with van der Waals surface area (Å²) in [6, 6.07) is 18.9. The van der Waals surface area contributed by atoms with Crippen LogP contribution >= 0.6 is 0 Å². The van der Waals surface area contributed by atoms with Crippen molar-refractivity contribution in [1.82, 2.24) is 5.32 Å². The number of aryl methyl sites for hydroxylation is 2. The third kappa shape index (κ3) is 4.29. The monoisotopic (exact) mass is 386 g/mol. The number of nitrogens with one attached hydrogen (secondary N) is 1. The first kappa shape index (κ1) is 19.5. The molecule has 3 aromatic carbocycles.